The third kappa shape index (κ3) is 1.72. The number of nitrogens with zero attached hydrogens (tertiary/aromatic N) is 1. The quantitative estimate of drug-likeness (QED) is 0.841. The second-order valence-corrected chi connectivity index (χ2v) is 3.47. The van der Waals surface area contributed by atoms with E-state index in [-0.39, 0.29) is 22.6 Å². The summed E-state index contributed by atoms with van der Waals surface area (Å²) >= 11 is 5.66. The van der Waals surface area contributed by atoms with E-state index in [1.165, 1.54) is 18.2 Å². The number of aromatic hydroxyl groups is 1. The first-order valence-electron chi connectivity index (χ1n) is 4.26. The molecule has 0 bridgehead atoms. The van der Waals surface area contributed by atoms with Crippen molar-refractivity contribution in [2.75, 3.05) is 0 Å². The molecule has 2 N–H and O–H groups in total. The Kier molecular flexibility index (Phi) is 2.54. The fraction of sp³-hybridized carbons (Fsp3) is 0. The number of aromatic carboxylic acids is 1. The number of carboxylic acids is 1. The molecule has 5 nitrogen and oxygen atoms in total. The van der Waals surface area contributed by atoms with Crippen LogP contribution in [0.15, 0.2) is 28.9 Å². The van der Waals surface area contributed by atoms with Crippen molar-refractivity contribution in [3.05, 3.63) is 35.0 Å². The minimum atomic E-state index is -1.18. The predicted octanol–water partition coefficient (Wildman–Crippen LogP) is 2.40. The summed E-state index contributed by atoms with van der Waals surface area (Å²) in [6, 6.07) is 4.28. The second kappa shape index (κ2) is 3.86. The standard InChI is InChI=1S/C10H6ClNO4/c11-5-1-2-6(8(13)3-5)9-7(10(14)15)4-12-16-9/h1-4,13H,(H,14,15). The van der Waals surface area contributed by atoms with Crippen molar-refractivity contribution < 1.29 is 19.5 Å². The van der Waals surface area contributed by atoms with Gasteiger partial charge < -0.3 is 14.7 Å². The van der Waals surface area contributed by atoms with Crippen molar-refractivity contribution in [3.8, 4) is 17.1 Å². The van der Waals surface area contributed by atoms with Gasteiger partial charge in [-0.25, -0.2) is 4.79 Å². The molecule has 1 aromatic carbocycles. The Labute approximate surface area is 94.9 Å². The summed E-state index contributed by atoms with van der Waals surface area (Å²) in [6.45, 7) is 0. The molecule has 0 radical (unpaired) electrons. The van der Waals surface area contributed by atoms with Gasteiger partial charge in [0.25, 0.3) is 0 Å². The van der Waals surface area contributed by atoms with E-state index in [1.807, 2.05) is 0 Å². The van der Waals surface area contributed by atoms with Crippen LogP contribution < -0.4 is 0 Å². The first-order valence-corrected chi connectivity index (χ1v) is 4.64. The number of phenolic OH excluding ortho intramolecular Hbond substituents is 1. The summed E-state index contributed by atoms with van der Waals surface area (Å²) in [7, 11) is 0. The lowest BCUT2D eigenvalue weighted by atomic mass is 10.1. The minimum absolute atomic E-state index is 0.00154. The third-order valence-corrected chi connectivity index (χ3v) is 2.24. The van der Waals surface area contributed by atoms with Crippen LogP contribution in [-0.4, -0.2) is 21.3 Å². The van der Waals surface area contributed by atoms with Crippen molar-refractivity contribution in [2.45, 2.75) is 0 Å². The number of benzene rings is 1. The van der Waals surface area contributed by atoms with Gasteiger partial charge >= 0.3 is 5.97 Å². The van der Waals surface area contributed by atoms with Crippen LogP contribution in [0.4, 0.5) is 0 Å². The highest BCUT2D eigenvalue weighted by Gasteiger charge is 2.19. The van der Waals surface area contributed by atoms with Crippen LogP contribution in [0.2, 0.25) is 5.02 Å². The number of carbonyl (C=O) groups is 1. The Hall–Kier alpha value is -2.01. The molecule has 1 heterocycles. The molecule has 0 saturated heterocycles. The molecule has 0 amide bonds. The molecule has 82 valence electrons. The summed E-state index contributed by atoms with van der Waals surface area (Å²) in [5, 5.41) is 22.2. The van der Waals surface area contributed by atoms with Crippen LogP contribution in [0, 0.1) is 0 Å². The van der Waals surface area contributed by atoms with E-state index in [0.717, 1.165) is 6.20 Å². The van der Waals surface area contributed by atoms with Crippen molar-refractivity contribution >= 4 is 17.6 Å². The summed E-state index contributed by atoms with van der Waals surface area (Å²) in [5.74, 6) is -1.33. The minimum Gasteiger partial charge on any atom is -0.507 e. The van der Waals surface area contributed by atoms with Crippen LogP contribution in [0.1, 0.15) is 10.4 Å². The molecule has 0 saturated carbocycles. The van der Waals surface area contributed by atoms with Gasteiger partial charge in [0, 0.05) is 5.02 Å². The van der Waals surface area contributed by atoms with Crippen LogP contribution in [0.25, 0.3) is 11.3 Å². The molecule has 16 heavy (non-hydrogen) atoms. The Bertz CT molecular complexity index is 550. The molecule has 0 aliphatic rings. The Morgan fingerprint density at radius 2 is 2.19 bits per heavy atom. The molecule has 0 unspecified atom stereocenters. The highest BCUT2D eigenvalue weighted by atomic mass is 35.5. The average molecular weight is 240 g/mol. The average Bonchev–Trinajstić information content (AvgIpc) is 2.66. The van der Waals surface area contributed by atoms with Gasteiger partial charge in [-0.15, -0.1) is 0 Å². The molecule has 2 rings (SSSR count). The van der Waals surface area contributed by atoms with Crippen molar-refractivity contribution in [2.24, 2.45) is 0 Å². The van der Waals surface area contributed by atoms with Gasteiger partial charge in [0.05, 0.1) is 11.8 Å². The molecule has 2 aromatic rings. The number of phenols is 1. The molecular weight excluding hydrogens is 234 g/mol. The lowest BCUT2D eigenvalue weighted by molar-refractivity contribution is 0.0697. The monoisotopic (exact) mass is 239 g/mol. The van der Waals surface area contributed by atoms with E-state index in [2.05, 4.69) is 5.16 Å². The first kappa shape index (κ1) is 10.5. The molecule has 6 heteroatoms. The van der Waals surface area contributed by atoms with Gasteiger partial charge in [-0.2, -0.15) is 0 Å². The van der Waals surface area contributed by atoms with E-state index in [1.54, 1.807) is 0 Å². The van der Waals surface area contributed by atoms with E-state index in [4.69, 9.17) is 21.2 Å². The van der Waals surface area contributed by atoms with Crippen molar-refractivity contribution in [3.63, 3.8) is 0 Å². The molecule has 0 aliphatic heterocycles. The van der Waals surface area contributed by atoms with Crippen LogP contribution in [0.5, 0.6) is 5.75 Å². The Balaban J connectivity index is 2.59. The van der Waals surface area contributed by atoms with E-state index in [0.29, 0.717) is 5.02 Å². The summed E-state index contributed by atoms with van der Waals surface area (Å²) in [5.41, 5.74) is 0.122. The Morgan fingerprint density at radius 1 is 1.44 bits per heavy atom. The van der Waals surface area contributed by atoms with E-state index < -0.39 is 5.97 Å². The van der Waals surface area contributed by atoms with Crippen molar-refractivity contribution in [1.29, 1.82) is 0 Å². The molecular formula is C10H6ClNO4. The fourth-order valence-corrected chi connectivity index (χ4v) is 1.45. The maximum Gasteiger partial charge on any atom is 0.341 e. The zero-order valence-corrected chi connectivity index (χ0v) is 8.60. The topological polar surface area (TPSA) is 83.6 Å². The lowest BCUT2D eigenvalue weighted by Gasteiger charge is -2.01. The van der Waals surface area contributed by atoms with Gasteiger partial charge in [-0.05, 0) is 18.2 Å². The fourth-order valence-electron chi connectivity index (χ4n) is 1.28. The van der Waals surface area contributed by atoms with Crippen molar-refractivity contribution in [1.82, 2.24) is 5.16 Å². The largest absolute Gasteiger partial charge is 0.507 e. The van der Waals surface area contributed by atoms with Gasteiger partial charge in [0.15, 0.2) is 5.76 Å². The molecule has 1 aromatic heterocycles. The number of halogens is 1. The molecule has 0 spiro atoms. The number of carboxylic acid groups (broad SMARTS) is 1. The highest BCUT2D eigenvalue weighted by molar-refractivity contribution is 6.30. The zero-order valence-electron chi connectivity index (χ0n) is 7.85. The maximum absolute atomic E-state index is 10.8. The highest BCUT2D eigenvalue weighted by Crippen LogP contribution is 2.33. The lowest BCUT2D eigenvalue weighted by Crippen LogP contribution is -1.95. The van der Waals surface area contributed by atoms with E-state index in [9.17, 15) is 9.90 Å². The van der Waals surface area contributed by atoms with Crippen LogP contribution in [-0.2, 0) is 0 Å². The van der Waals surface area contributed by atoms with Crippen LogP contribution >= 0.6 is 11.6 Å². The number of rotatable bonds is 2. The Morgan fingerprint density at radius 3 is 2.81 bits per heavy atom. The van der Waals surface area contributed by atoms with Gasteiger partial charge in [0.2, 0.25) is 0 Å². The summed E-state index contributed by atoms with van der Waals surface area (Å²) < 4.78 is 4.80. The normalized spacial score (nSPS) is 10.3. The van der Waals surface area contributed by atoms with E-state index >= 15 is 0 Å². The third-order valence-electron chi connectivity index (χ3n) is 2.01. The second-order valence-electron chi connectivity index (χ2n) is 3.04. The SMILES string of the molecule is O=C(O)c1cnoc1-c1ccc(Cl)cc1O. The summed E-state index contributed by atoms with van der Waals surface area (Å²) in [6.07, 6.45) is 1.08. The van der Waals surface area contributed by atoms with Gasteiger partial charge in [0.1, 0.15) is 11.3 Å². The van der Waals surface area contributed by atoms with Crippen LogP contribution in [0.3, 0.4) is 0 Å². The molecule has 0 atom stereocenters. The zero-order chi connectivity index (χ0) is 11.7. The summed E-state index contributed by atoms with van der Waals surface area (Å²) in [4.78, 5) is 10.8. The molecule has 0 fully saturated rings. The maximum atomic E-state index is 10.8. The first-order chi connectivity index (χ1) is 7.59. The van der Waals surface area contributed by atoms with Gasteiger partial charge in [-0.1, -0.05) is 16.8 Å². The number of hydrogen-bond acceptors (Lipinski definition) is 4. The van der Waals surface area contributed by atoms with Gasteiger partial charge in [-0.3, -0.25) is 0 Å². The smallest absolute Gasteiger partial charge is 0.341 e. The predicted molar refractivity (Wildman–Crippen MR) is 55.6 cm³/mol. The number of hydrogen-bond donors (Lipinski definition) is 2. The molecule has 0 aliphatic carbocycles. The number of aromatic nitrogens is 1.